The van der Waals surface area contributed by atoms with E-state index in [-0.39, 0.29) is 34.0 Å². The van der Waals surface area contributed by atoms with E-state index < -0.39 is 17.0 Å². The van der Waals surface area contributed by atoms with Crippen LogP contribution in [0.1, 0.15) is 39.9 Å². The normalized spacial score (nSPS) is 11.8. The molecule has 0 radical (unpaired) electrons. The zero-order chi connectivity index (χ0) is 19.5. The first-order chi connectivity index (χ1) is 12.2. The fraction of sp³-hybridized carbons (Fsp3) is 0.500. The molecule has 2 aromatic rings. The van der Waals surface area contributed by atoms with Gasteiger partial charge in [0, 0.05) is 18.1 Å². The lowest BCUT2D eigenvalue weighted by atomic mass is 9.94. The van der Waals surface area contributed by atoms with E-state index in [0.29, 0.717) is 13.2 Å². The molecule has 0 bridgehead atoms. The zero-order valence-corrected chi connectivity index (χ0v) is 16.7. The summed E-state index contributed by atoms with van der Waals surface area (Å²) in [4.78, 5) is 12.2. The minimum absolute atomic E-state index is 0.0148. The molecule has 0 aliphatic rings. The SMILES string of the molecule is CCCOCCOc1cc(-n2c(Cl)c(C(C)(C)C)oc2=O)c(F)cc1Cl. The highest BCUT2D eigenvalue weighted by atomic mass is 35.5. The number of nitrogens with zero attached hydrogens (tertiary/aromatic N) is 1. The topological polar surface area (TPSA) is 53.6 Å². The van der Waals surface area contributed by atoms with Crippen LogP contribution in [-0.2, 0) is 10.2 Å². The third kappa shape index (κ3) is 4.61. The van der Waals surface area contributed by atoms with Crippen molar-refractivity contribution in [2.45, 2.75) is 39.5 Å². The Morgan fingerprint density at radius 3 is 2.46 bits per heavy atom. The smallest absolute Gasteiger partial charge is 0.425 e. The average molecular weight is 406 g/mol. The molecule has 144 valence electrons. The second-order valence-electron chi connectivity index (χ2n) is 6.77. The van der Waals surface area contributed by atoms with Gasteiger partial charge in [-0.3, -0.25) is 0 Å². The van der Waals surface area contributed by atoms with Crippen molar-refractivity contribution in [3.63, 3.8) is 0 Å². The van der Waals surface area contributed by atoms with Crippen molar-refractivity contribution in [3.8, 4) is 11.4 Å². The first-order valence-corrected chi connectivity index (χ1v) is 9.04. The van der Waals surface area contributed by atoms with Gasteiger partial charge in [0.15, 0.2) is 10.9 Å². The van der Waals surface area contributed by atoms with Crippen LogP contribution in [-0.4, -0.2) is 24.4 Å². The van der Waals surface area contributed by atoms with Crippen LogP contribution in [0.5, 0.6) is 5.75 Å². The average Bonchev–Trinajstić information content (AvgIpc) is 2.84. The Bertz CT molecular complexity index is 824. The monoisotopic (exact) mass is 405 g/mol. The highest BCUT2D eigenvalue weighted by Gasteiger charge is 2.28. The summed E-state index contributed by atoms with van der Waals surface area (Å²) < 4.78 is 31.5. The Balaban J connectivity index is 2.37. The van der Waals surface area contributed by atoms with Gasteiger partial charge in [-0.1, -0.05) is 50.9 Å². The highest BCUT2D eigenvalue weighted by Crippen LogP contribution is 2.34. The van der Waals surface area contributed by atoms with E-state index in [1.165, 1.54) is 6.07 Å². The molecule has 0 saturated carbocycles. The van der Waals surface area contributed by atoms with Crippen LogP contribution in [0.3, 0.4) is 0 Å². The van der Waals surface area contributed by atoms with E-state index >= 15 is 0 Å². The van der Waals surface area contributed by atoms with Crippen molar-refractivity contribution in [3.05, 3.63) is 44.4 Å². The molecule has 0 fully saturated rings. The summed E-state index contributed by atoms with van der Waals surface area (Å²) in [5.41, 5.74) is -0.603. The minimum atomic E-state index is -0.779. The molecule has 0 spiro atoms. The fourth-order valence-electron chi connectivity index (χ4n) is 2.28. The number of oxazole rings is 1. The number of hydrogen-bond acceptors (Lipinski definition) is 4. The predicted molar refractivity (Wildman–Crippen MR) is 99.6 cm³/mol. The van der Waals surface area contributed by atoms with Gasteiger partial charge >= 0.3 is 5.76 Å². The second kappa shape index (κ2) is 8.46. The van der Waals surface area contributed by atoms with Crippen LogP contribution in [0.25, 0.3) is 5.69 Å². The van der Waals surface area contributed by atoms with Crippen molar-refractivity contribution in [1.82, 2.24) is 4.57 Å². The molecular weight excluding hydrogens is 384 g/mol. The third-order valence-electron chi connectivity index (χ3n) is 3.51. The number of benzene rings is 1. The Hall–Kier alpha value is -1.50. The van der Waals surface area contributed by atoms with E-state index in [2.05, 4.69) is 0 Å². The van der Waals surface area contributed by atoms with Gasteiger partial charge in [-0.15, -0.1) is 0 Å². The van der Waals surface area contributed by atoms with Crippen LogP contribution in [0, 0.1) is 5.82 Å². The van der Waals surface area contributed by atoms with Crippen molar-refractivity contribution in [2.24, 2.45) is 0 Å². The maximum atomic E-state index is 14.4. The van der Waals surface area contributed by atoms with Gasteiger partial charge < -0.3 is 13.9 Å². The molecule has 0 unspecified atom stereocenters. The molecule has 0 N–H and O–H groups in total. The van der Waals surface area contributed by atoms with Crippen LogP contribution >= 0.6 is 23.2 Å². The van der Waals surface area contributed by atoms with Crippen molar-refractivity contribution in [2.75, 3.05) is 19.8 Å². The van der Waals surface area contributed by atoms with Crippen LogP contribution < -0.4 is 10.5 Å². The molecule has 0 atom stereocenters. The second-order valence-corrected chi connectivity index (χ2v) is 7.53. The van der Waals surface area contributed by atoms with E-state index in [9.17, 15) is 9.18 Å². The van der Waals surface area contributed by atoms with Crippen molar-refractivity contribution < 1.29 is 18.3 Å². The summed E-state index contributed by atoms with van der Waals surface area (Å²) in [6.07, 6.45) is 0.902. The maximum absolute atomic E-state index is 14.4. The van der Waals surface area contributed by atoms with E-state index in [4.69, 9.17) is 37.1 Å². The van der Waals surface area contributed by atoms with Crippen LogP contribution in [0.15, 0.2) is 21.3 Å². The summed E-state index contributed by atoms with van der Waals surface area (Å²) in [6, 6.07) is 2.40. The lowest BCUT2D eigenvalue weighted by molar-refractivity contribution is 0.101. The molecule has 1 aromatic carbocycles. The maximum Gasteiger partial charge on any atom is 0.425 e. The molecule has 1 heterocycles. The largest absolute Gasteiger partial charge is 0.490 e. The summed E-state index contributed by atoms with van der Waals surface area (Å²) in [5, 5.41) is 0.103. The summed E-state index contributed by atoms with van der Waals surface area (Å²) in [6.45, 7) is 8.76. The van der Waals surface area contributed by atoms with Gasteiger partial charge in [-0.25, -0.2) is 13.8 Å². The van der Waals surface area contributed by atoms with E-state index in [1.54, 1.807) is 0 Å². The Morgan fingerprint density at radius 1 is 1.19 bits per heavy atom. The standard InChI is InChI=1S/C18H22Cl2FNO4/c1-5-6-24-7-8-25-14-10-13(12(21)9-11(14)19)22-16(20)15(18(2,3)4)26-17(22)23/h9-10H,5-8H2,1-4H3. The molecule has 2 rings (SSSR count). The summed E-state index contributed by atoms with van der Waals surface area (Å²) in [7, 11) is 0. The van der Waals surface area contributed by atoms with Crippen molar-refractivity contribution in [1.29, 1.82) is 0 Å². The number of halogens is 3. The Kier molecular flexibility index (Phi) is 6.77. The Labute approximate surface area is 161 Å². The van der Waals surface area contributed by atoms with E-state index in [1.807, 2.05) is 27.7 Å². The number of rotatable bonds is 7. The number of hydrogen-bond donors (Lipinski definition) is 0. The zero-order valence-electron chi connectivity index (χ0n) is 15.2. The summed E-state index contributed by atoms with van der Waals surface area (Å²) >= 11 is 12.3. The van der Waals surface area contributed by atoms with E-state index in [0.717, 1.165) is 17.1 Å². The first kappa shape index (κ1) is 20.8. The third-order valence-corrected chi connectivity index (χ3v) is 4.15. The van der Waals surface area contributed by atoms with Gasteiger partial charge in [0.2, 0.25) is 0 Å². The quantitative estimate of drug-likeness (QED) is 0.609. The minimum Gasteiger partial charge on any atom is -0.490 e. The lowest BCUT2D eigenvalue weighted by Gasteiger charge is -2.15. The van der Waals surface area contributed by atoms with Crippen molar-refractivity contribution >= 4 is 23.2 Å². The van der Waals surface area contributed by atoms with Gasteiger partial charge in [0.05, 0.1) is 17.3 Å². The predicted octanol–water partition coefficient (Wildman–Crippen LogP) is 4.98. The summed E-state index contributed by atoms with van der Waals surface area (Å²) in [5.74, 6) is -0.994. The molecule has 0 aliphatic heterocycles. The molecule has 8 heteroatoms. The molecule has 0 amide bonds. The Morgan fingerprint density at radius 2 is 1.88 bits per heavy atom. The van der Waals surface area contributed by atoms with Gasteiger partial charge in [0.25, 0.3) is 0 Å². The molecule has 0 aliphatic carbocycles. The van der Waals surface area contributed by atoms with Crippen LogP contribution in [0.4, 0.5) is 4.39 Å². The molecular formula is C18H22Cl2FNO4. The lowest BCUT2D eigenvalue weighted by Crippen LogP contribution is -2.14. The van der Waals surface area contributed by atoms with Crippen LogP contribution in [0.2, 0.25) is 10.2 Å². The first-order valence-electron chi connectivity index (χ1n) is 8.28. The molecule has 0 saturated heterocycles. The molecule has 26 heavy (non-hydrogen) atoms. The fourth-order valence-corrected chi connectivity index (χ4v) is 2.97. The highest BCUT2D eigenvalue weighted by molar-refractivity contribution is 6.32. The number of ether oxygens (including phenoxy) is 2. The van der Waals surface area contributed by atoms with Gasteiger partial charge in [-0.05, 0) is 12.5 Å². The molecule has 1 aromatic heterocycles. The van der Waals surface area contributed by atoms with Gasteiger partial charge in [0.1, 0.15) is 18.2 Å². The van der Waals surface area contributed by atoms with Gasteiger partial charge in [-0.2, -0.15) is 0 Å². The molecule has 5 nitrogen and oxygen atoms in total. The number of aromatic nitrogens is 1.